The van der Waals surface area contributed by atoms with E-state index in [4.69, 9.17) is 4.74 Å². The zero-order valence-electron chi connectivity index (χ0n) is 18.8. The van der Waals surface area contributed by atoms with Crippen molar-refractivity contribution >= 4 is 23.4 Å². The number of benzene rings is 1. The third kappa shape index (κ3) is 5.24. The van der Waals surface area contributed by atoms with Crippen LogP contribution in [0.2, 0.25) is 0 Å². The Morgan fingerprint density at radius 3 is 2.65 bits per heavy atom. The lowest BCUT2D eigenvalue weighted by atomic mass is 9.93. The zero-order valence-corrected chi connectivity index (χ0v) is 18.8. The van der Waals surface area contributed by atoms with E-state index >= 15 is 0 Å². The van der Waals surface area contributed by atoms with Crippen LogP contribution in [0.3, 0.4) is 0 Å². The van der Waals surface area contributed by atoms with E-state index in [0.29, 0.717) is 25.2 Å². The van der Waals surface area contributed by atoms with E-state index in [1.807, 2.05) is 0 Å². The fourth-order valence-electron chi connectivity index (χ4n) is 4.75. The number of nitrogens with zero attached hydrogens (tertiary/aromatic N) is 3. The lowest BCUT2D eigenvalue weighted by molar-refractivity contribution is -0.384. The van der Waals surface area contributed by atoms with Gasteiger partial charge in [-0.15, -0.1) is 0 Å². The molecule has 2 N–H and O–H groups in total. The van der Waals surface area contributed by atoms with E-state index in [1.54, 1.807) is 12.0 Å². The van der Waals surface area contributed by atoms with Gasteiger partial charge in [0.2, 0.25) is 5.82 Å². The number of halogens is 2. The minimum absolute atomic E-state index is 0.0625. The molecular weight excluding hydrogens is 448 g/mol. The maximum Gasteiger partial charge on any atom is 0.320 e. The van der Waals surface area contributed by atoms with E-state index < -0.39 is 28.6 Å². The van der Waals surface area contributed by atoms with Gasteiger partial charge in [-0.2, -0.15) is 0 Å². The minimum atomic E-state index is -0.621. The monoisotopic (exact) mass is 475 g/mol. The highest BCUT2D eigenvalue weighted by atomic mass is 19.1. The maximum absolute atomic E-state index is 14.4. The van der Waals surface area contributed by atoms with E-state index in [2.05, 4.69) is 15.6 Å². The van der Waals surface area contributed by atoms with Gasteiger partial charge in [-0.25, -0.2) is 18.6 Å². The van der Waals surface area contributed by atoms with E-state index in [-0.39, 0.29) is 29.2 Å². The second-order valence-corrected chi connectivity index (χ2v) is 8.62. The number of ether oxygens (including phenoxy) is 1. The number of anilines is 2. The van der Waals surface area contributed by atoms with Gasteiger partial charge in [-0.1, -0.05) is 0 Å². The highest BCUT2D eigenvalue weighted by Crippen LogP contribution is 2.38. The highest BCUT2D eigenvalue weighted by Gasteiger charge is 2.31. The number of nitrogens with one attached hydrogen (secondary N) is 2. The number of methoxy groups -OCH3 is 1. The summed E-state index contributed by atoms with van der Waals surface area (Å²) in [6.07, 6.45) is 4.60. The molecule has 34 heavy (non-hydrogen) atoms. The number of carbonyl (C=O) groups is 1. The SMILES string of the molecule is COC1CCC(NC(=O)Nc2nc(N3CCC[C@@H]3c3cc(F)ccc3F)ccc2[N+](=O)[O-])CC1. The quantitative estimate of drug-likeness (QED) is 0.463. The Bertz CT molecular complexity index is 1060. The number of rotatable bonds is 6. The molecule has 182 valence electrons. The van der Waals surface area contributed by atoms with Crippen LogP contribution in [0.4, 0.5) is 30.9 Å². The van der Waals surface area contributed by atoms with Crippen LogP contribution in [-0.4, -0.2) is 41.7 Å². The molecule has 1 saturated heterocycles. The van der Waals surface area contributed by atoms with Crippen LogP contribution >= 0.6 is 0 Å². The molecule has 0 unspecified atom stereocenters. The predicted molar refractivity (Wildman–Crippen MR) is 122 cm³/mol. The van der Waals surface area contributed by atoms with Crippen molar-refractivity contribution in [2.75, 3.05) is 23.9 Å². The topological polar surface area (TPSA) is 110 Å². The average molecular weight is 475 g/mol. The number of urea groups is 1. The van der Waals surface area contributed by atoms with Crippen LogP contribution in [0.15, 0.2) is 30.3 Å². The Hall–Kier alpha value is -3.34. The molecule has 1 aliphatic carbocycles. The van der Waals surface area contributed by atoms with Crippen LogP contribution in [0, 0.1) is 21.7 Å². The lowest BCUT2D eigenvalue weighted by Gasteiger charge is -2.28. The molecule has 1 aliphatic heterocycles. The Labute approximate surface area is 195 Å². The summed E-state index contributed by atoms with van der Waals surface area (Å²) in [5, 5.41) is 16.9. The van der Waals surface area contributed by atoms with Gasteiger partial charge < -0.3 is 15.0 Å². The highest BCUT2D eigenvalue weighted by molar-refractivity contribution is 5.91. The fourth-order valence-corrected chi connectivity index (χ4v) is 4.75. The van der Waals surface area contributed by atoms with E-state index in [1.165, 1.54) is 12.1 Å². The van der Waals surface area contributed by atoms with E-state index in [9.17, 15) is 23.7 Å². The molecule has 1 aromatic heterocycles. The van der Waals surface area contributed by atoms with Crippen molar-refractivity contribution in [2.45, 2.75) is 56.7 Å². The average Bonchev–Trinajstić information content (AvgIpc) is 3.30. The first-order valence-corrected chi connectivity index (χ1v) is 11.3. The summed E-state index contributed by atoms with van der Waals surface area (Å²) < 4.78 is 33.5. The number of hydrogen-bond donors (Lipinski definition) is 2. The molecule has 4 rings (SSSR count). The molecule has 2 fully saturated rings. The number of nitro groups is 1. The van der Waals surface area contributed by atoms with Gasteiger partial charge in [-0.05, 0) is 62.8 Å². The van der Waals surface area contributed by atoms with Crippen molar-refractivity contribution in [3.8, 4) is 0 Å². The molecule has 1 atom stereocenters. The van der Waals surface area contributed by atoms with Crippen LogP contribution < -0.4 is 15.5 Å². The van der Waals surface area contributed by atoms with Gasteiger partial charge in [0.15, 0.2) is 0 Å². The maximum atomic E-state index is 14.4. The first-order chi connectivity index (χ1) is 16.4. The summed E-state index contributed by atoms with van der Waals surface area (Å²) in [6.45, 7) is 0.514. The Morgan fingerprint density at radius 1 is 1.18 bits per heavy atom. The first kappa shape index (κ1) is 23.8. The number of hydrogen-bond acceptors (Lipinski definition) is 6. The summed E-state index contributed by atoms with van der Waals surface area (Å²) in [4.78, 5) is 29.6. The van der Waals surface area contributed by atoms with Crippen molar-refractivity contribution in [1.82, 2.24) is 10.3 Å². The summed E-state index contributed by atoms with van der Waals surface area (Å²) >= 11 is 0. The Morgan fingerprint density at radius 2 is 1.94 bits per heavy atom. The molecule has 2 aliphatic rings. The van der Waals surface area contributed by atoms with E-state index in [0.717, 1.165) is 43.9 Å². The molecule has 1 aromatic carbocycles. The number of aromatic nitrogens is 1. The normalized spacial score (nSPS) is 22.4. The van der Waals surface area contributed by atoms with Gasteiger partial charge >= 0.3 is 11.7 Å². The Balaban J connectivity index is 1.53. The predicted octanol–water partition coefficient (Wildman–Crippen LogP) is 4.69. The van der Waals surface area contributed by atoms with Crippen LogP contribution in [0.1, 0.15) is 50.1 Å². The van der Waals surface area contributed by atoms with Gasteiger partial charge in [0.1, 0.15) is 17.5 Å². The number of amides is 2. The van der Waals surface area contributed by atoms with Crippen molar-refractivity contribution in [3.05, 3.63) is 57.6 Å². The third-order valence-electron chi connectivity index (χ3n) is 6.49. The molecule has 0 spiro atoms. The van der Waals surface area contributed by atoms with Gasteiger partial charge in [0, 0.05) is 31.3 Å². The third-order valence-corrected chi connectivity index (χ3v) is 6.49. The number of carbonyl (C=O) groups excluding carboxylic acids is 1. The number of pyridine rings is 1. The van der Waals surface area contributed by atoms with Crippen LogP contribution in [0.25, 0.3) is 0 Å². The summed E-state index contributed by atoms with van der Waals surface area (Å²) in [5.41, 5.74) is -0.147. The molecule has 11 heteroatoms. The van der Waals surface area contributed by atoms with Gasteiger partial charge in [0.25, 0.3) is 0 Å². The van der Waals surface area contributed by atoms with Crippen molar-refractivity contribution in [2.24, 2.45) is 0 Å². The molecule has 2 amide bonds. The molecular formula is C23H27F2N5O4. The fraction of sp³-hybridized carbons (Fsp3) is 0.478. The smallest absolute Gasteiger partial charge is 0.320 e. The van der Waals surface area contributed by atoms with Crippen molar-refractivity contribution in [3.63, 3.8) is 0 Å². The van der Waals surface area contributed by atoms with Crippen LogP contribution in [0.5, 0.6) is 0 Å². The second-order valence-electron chi connectivity index (χ2n) is 8.62. The largest absolute Gasteiger partial charge is 0.381 e. The summed E-state index contributed by atoms with van der Waals surface area (Å²) in [7, 11) is 1.66. The standard InChI is InChI=1S/C23H27F2N5O4/c1-34-16-7-5-15(6-8-16)26-23(31)28-22-20(30(32)33)10-11-21(27-22)29-12-2-3-19(29)17-13-14(24)4-9-18(17)25/h4,9-11,13,15-16,19H,2-3,5-8,12H2,1H3,(H2,26,27,28,31)/t15?,16?,19-/m1/s1. The second kappa shape index (κ2) is 10.3. The van der Waals surface area contributed by atoms with Crippen molar-refractivity contribution < 1.29 is 23.2 Å². The summed E-state index contributed by atoms with van der Waals surface area (Å²) in [6, 6.07) is 4.92. The van der Waals surface area contributed by atoms with Crippen LogP contribution in [-0.2, 0) is 4.74 Å². The van der Waals surface area contributed by atoms with Crippen molar-refractivity contribution in [1.29, 1.82) is 0 Å². The zero-order chi connectivity index (χ0) is 24.2. The Kier molecular flexibility index (Phi) is 7.20. The molecule has 2 heterocycles. The lowest BCUT2D eigenvalue weighted by Crippen LogP contribution is -2.41. The van der Waals surface area contributed by atoms with Gasteiger partial charge in [0.05, 0.1) is 17.1 Å². The van der Waals surface area contributed by atoms with Gasteiger partial charge in [-0.3, -0.25) is 15.4 Å². The molecule has 0 radical (unpaired) electrons. The first-order valence-electron chi connectivity index (χ1n) is 11.3. The minimum Gasteiger partial charge on any atom is -0.381 e. The summed E-state index contributed by atoms with van der Waals surface area (Å²) in [5.74, 6) is -0.928. The molecule has 9 nitrogen and oxygen atoms in total. The molecule has 0 bridgehead atoms. The molecule has 2 aromatic rings. The molecule has 1 saturated carbocycles.